The van der Waals surface area contributed by atoms with Crippen LogP contribution in [0, 0.1) is 53.6 Å². The Hall–Kier alpha value is -12.8. The van der Waals surface area contributed by atoms with Crippen LogP contribution in [-0.4, -0.2) is 58.7 Å². The molecule has 0 fully saturated rings. The highest BCUT2D eigenvalue weighted by Crippen LogP contribution is 2.44. The van der Waals surface area contributed by atoms with Crippen molar-refractivity contribution >= 4 is 35.9 Å². The summed E-state index contributed by atoms with van der Waals surface area (Å²) < 4.78 is 54.2. The molecule has 16 rings (SSSR count). The van der Waals surface area contributed by atoms with Crippen LogP contribution in [0.1, 0.15) is 228 Å². The molecule has 4 aromatic heterocycles. The Labute approximate surface area is 675 Å². The topological polar surface area (TPSA) is 252 Å². The molecule has 0 saturated carbocycles. The number of rotatable bonds is 15. The van der Waals surface area contributed by atoms with Crippen LogP contribution in [0.4, 0.5) is 34.6 Å². The van der Waals surface area contributed by atoms with Gasteiger partial charge in [0.15, 0.2) is 18.9 Å². The maximum absolute atomic E-state index is 13.6. The number of aldehydes is 3. The number of carbonyl (C=O) groups excluding carboxylic acids is 3. The van der Waals surface area contributed by atoms with Crippen molar-refractivity contribution in [1.82, 2.24) is 19.9 Å². The smallest absolute Gasteiger partial charge is 0.272 e. The van der Waals surface area contributed by atoms with Crippen LogP contribution < -0.4 is 0 Å². The molecule has 0 bridgehead atoms. The van der Waals surface area contributed by atoms with Gasteiger partial charge in [-0.25, -0.2) is 17.6 Å². The Bertz CT molecular complexity index is 5800. The highest BCUT2D eigenvalue weighted by molar-refractivity contribution is 5.94. The van der Waals surface area contributed by atoms with E-state index in [-0.39, 0.29) is 80.5 Å². The van der Waals surface area contributed by atoms with E-state index in [0.717, 1.165) is 173 Å². The lowest BCUT2D eigenvalue weighted by Crippen LogP contribution is -2.11. The number of aryl methyl sites for hydroxylation is 7. The van der Waals surface area contributed by atoms with Crippen LogP contribution in [0.3, 0.4) is 0 Å². The van der Waals surface area contributed by atoms with Crippen molar-refractivity contribution in [2.24, 2.45) is 0 Å². The molecular formula is C96H87F4N7O10. The number of non-ortho nitro benzene ring substituents is 2. The molecule has 1 N–H and O–H groups in total. The zero-order chi connectivity index (χ0) is 83.2. The van der Waals surface area contributed by atoms with E-state index in [9.17, 15) is 67.4 Å². The molecule has 4 aliphatic rings. The summed E-state index contributed by atoms with van der Waals surface area (Å²) in [6.07, 6.45) is 10.2. The van der Waals surface area contributed by atoms with Crippen molar-refractivity contribution < 1.29 is 51.8 Å². The van der Waals surface area contributed by atoms with E-state index in [0.29, 0.717) is 85.7 Å². The number of nitrogens with zero attached hydrogens (tertiary/aromatic N) is 7. The minimum Gasteiger partial charge on any atom is -0.392 e. The van der Waals surface area contributed by atoms with E-state index in [1.807, 2.05) is 59.7 Å². The second kappa shape index (κ2) is 35.6. The number of aromatic nitrogens is 4. The molecule has 0 aliphatic heterocycles. The Morgan fingerprint density at radius 1 is 0.342 bits per heavy atom. The number of nitro benzene ring substituents is 3. The van der Waals surface area contributed by atoms with Gasteiger partial charge in [-0.15, -0.1) is 0 Å². The molecule has 117 heavy (non-hydrogen) atoms. The first kappa shape index (κ1) is 82.2. The first-order valence-corrected chi connectivity index (χ1v) is 39.3. The van der Waals surface area contributed by atoms with Gasteiger partial charge in [-0.2, -0.15) is 0 Å². The second-order valence-corrected chi connectivity index (χ2v) is 31.1. The van der Waals surface area contributed by atoms with Crippen molar-refractivity contribution in [1.29, 1.82) is 0 Å². The molecule has 0 atom stereocenters. The van der Waals surface area contributed by atoms with Crippen LogP contribution >= 0.6 is 0 Å². The zero-order valence-electron chi connectivity index (χ0n) is 66.2. The third kappa shape index (κ3) is 17.5. The van der Waals surface area contributed by atoms with Gasteiger partial charge in [-0.3, -0.25) is 64.7 Å². The van der Waals surface area contributed by atoms with E-state index >= 15 is 0 Å². The first-order chi connectivity index (χ1) is 56.2. The maximum atomic E-state index is 13.6. The fraction of sp³-hybridized carbons (Fsp3) is 0.260. The highest BCUT2D eigenvalue weighted by Gasteiger charge is 2.32. The third-order valence-corrected chi connectivity index (χ3v) is 22.4. The molecule has 0 unspecified atom stereocenters. The Balaban J connectivity index is 0.000000136. The normalized spacial score (nSPS) is 12.9. The summed E-state index contributed by atoms with van der Waals surface area (Å²) in [6, 6.07) is 48.4. The standard InChI is InChI=1S/3C24H21FN2O3.C24H24FNO/c1-14(2)24-21(13-28)23(16-3-7-18(25)8-4-16)20-12-17-11-19(27(29)30)9-5-15(17)6-10-22(20)26-24;1-14(2)24-21(13-28)23(15-3-7-18(25)8-4-15)20-12-17-5-9-19(27(29)30)11-16(17)6-10-22(20)26-24;1-14(2)24-20(13-28)23(15-6-8-17(25)9-7-15)19-12-16-4-3-5-22(27(29)30)18(16)10-11-21(19)26-24;1-15(2)24-21(14-27)23(17-7-10-19(25)11-8-17)20-13-18-6-4-3-5-16(18)9-12-22(20)26-24/h2*3-5,7-9,11,13-14H,6,10,12H2,1-2H3;3-9,13-14H,10-12H2,1-2H3;3-8,10-11,15,27H,9,12-14H2,1-2H3. The van der Waals surface area contributed by atoms with E-state index < -0.39 is 4.92 Å². The van der Waals surface area contributed by atoms with Crippen LogP contribution in [-0.2, 0) is 83.7 Å². The van der Waals surface area contributed by atoms with Crippen LogP contribution in [0.5, 0.6) is 0 Å². The van der Waals surface area contributed by atoms with Crippen molar-refractivity contribution in [3.63, 3.8) is 0 Å². The fourth-order valence-electron chi connectivity index (χ4n) is 16.8. The number of fused-ring (bicyclic) bond motifs is 8. The summed E-state index contributed by atoms with van der Waals surface area (Å²) in [5.41, 5.74) is 27.9. The van der Waals surface area contributed by atoms with Crippen LogP contribution in [0.2, 0.25) is 0 Å². The maximum Gasteiger partial charge on any atom is 0.272 e. The van der Waals surface area contributed by atoms with Gasteiger partial charge in [-0.05, 0) is 229 Å². The number of aliphatic hydroxyl groups is 1. The summed E-state index contributed by atoms with van der Waals surface area (Å²) in [7, 11) is 0. The number of carbonyl (C=O) groups is 3. The monoisotopic (exact) mass is 1570 g/mol. The van der Waals surface area contributed by atoms with Gasteiger partial charge >= 0.3 is 0 Å². The van der Waals surface area contributed by atoms with Gasteiger partial charge in [0.05, 0.1) is 38.5 Å². The molecule has 4 heterocycles. The van der Waals surface area contributed by atoms with Crippen molar-refractivity contribution in [2.45, 2.75) is 163 Å². The summed E-state index contributed by atoms with van der Waals surface area (Å²) in [6.45, 7) is 16.1. The minimum atomic E-state index is -0.399. The van der Waals surface area contributed by atoms with Crippen molar-refractivity contribution in [2.75, 3.05) is 0 Å². The second-order valence-electron chi connectivity index (χ2n) is 31.1. The Morgan fingerprint density at radius 3 is 1.04 bits per heavy atom. The lowest BCUT2D eigenvalue weighted by molar-refractivity contribution is -0.385. The minimum absolute atomic E-state index is 0.0228. The third-order valence-electron chi connectivity index (χ3n) is 22.4. The predicted molar refractivity (Wildman–Crippen MR) is 444 cm³/mol. The number of aliphatic hydroxyl groups excluding tert-OH is 1. The van der Waals surface area contributed by atoms with E-state index in [1.165, 1.54) is 83.4 Å². The summed E-state index contributed by atoms with van der Waals surface area (Å²) >= 11 is 0. The van der Waals surface area contributed by atoms with Crippen molar-refractivity contribution in [3.8, 4) is 44.5 Å². The lowest BCUT2D eigenvalue weighted by atomic mass is 9.87. The van der Waals surface area contributed by atoms with Crippen LogP contribution in [0.15, 0.2) is 176 Å². The average molecular weight is 1570 g/mol. The van der Waals surface area contributed by atoms with Gasteiger partial charge in [0.1, 0.15) is 23.3 Å². The molecule has 17 nitrogen and oxygen atoms in total. The largest absolute Gasteiger partial charge is 0.392 e. The molecule has 8 aromatic carbocycles. The molecule has 21 heteroatoms. The van der Waals surface area contributed by atoms with Gasteiger partial charge in [0, 0.05) is 112 Å². The molecule has 12 aromatic rings. The lowest BCUT2D eigenvalue weighted by Gasteiger charge is -2.22. The van der Waals surface area contributed by atoms with E-state index in [4.69, 9.17) is 19.9 Å². The average Bonchev–Trinajstić information content (AvgIpc) is 1.45. The molecule has 0 amide bonds. The Kier molecular flexibility index (Phi) is 25.0. The van der Waals surface area contributed by atoms with Gasteiger partial charge < -0.3 is 5.11 Å². The number of nitro groups is 3. The van der Waals surface area contributed by atoms with E-state index in [2.05, 4.69) is 38.1 Å². The number of hydrogen-bond acceptors (Lipinski definition) is 14. The Morgan fingerprint density at radius 2 is 0.658 bits per heavy atom. The number of benzene rings is 8. The summed E-state index contributed by atoms with van der Waals surface area (Å²) in [5.74, 6) is -0.972. The van der Waals surface area contributed by atoms with Gasteiger partial charge in [0.25, 0.3) is 17.1 Å². The molecule has 0 spiro atoms. The summed E-state index contributed by atoms with van der Waals surface area (Å²) in [4.78, 5) is 88.8. The molecule has 0 saturated heterocycles. The van der Waals surface area contributed by atoms with Crippen molar-refractivity contribution in [3.05, 3.63) is 364 Å². The van der Waals surface area contributed by atoms with E-state index in [1.54, 1.807) is 66.7 Å². The number of hydrogen-bond donors (Lipinski definition) is 1. The SMILES string of the molecule is CC(C)c1nc2c(c(-c3ccc(F)cc3)c1C=O)Cc1cc([N+](=O)[O-])ccc1CC2.CC(C)c1nc2c(c(-c3ccc(F)cc3)c1C=O)Cc1ccc([N+](=O)[O-])cc1CC2.CC(C)c1nc2c(c(-c3ccc(F)cc3)c1C=O)Cc1cccc([N+](=O)[O-])c1CC2.CC(C)c1nc2c(c(-c3ccc(F)cc3)c1CO)Cc1ccccc1CC2. The van der Waals surface area contributed by atoms with Gasteiger partial charge in [0.2, 0.25) is 0 Å². The molecule has 4 aliphatic carbocycles. The van der Waals surface area contributed by atoms with Gasteiger partial charge in [-0.1, -0.05) is 152 Å². The fourth-order valence-corrected chi connectivity index (χ4v) is 16.8. The van der Waals surface area contributed by atoms with Crippen LogP contribution in [0.25, 0.3) is 44.5 Å². The molecular weight excluding hydrogens is 1490 g/mol. The molecule has 594 valence electrons. The molecule has 0 radical (unpaired) electrons. The summed E-state index contributed by atoms with van der Waals surface area (Å²) in [5, 5.41) is 44.2. The first-order valence-electron chi connectivity index (χ1n) is 39.3. The predicted octanol–water partition coefficient (Wildman–Crippen LogP) is 21.5. The number of halogens is 4. The zero-order valence-corrected chi connectivity index (χ0v) is 66.2. The quantitative estimate of drug-likeness (QED) is 0.0434. The number of pyridine rings is 4. The highest BCUT2D eigenvalue weighted by atomic mass is 19.1.